The number of carbonyl (C=O) groups excluding carboxylic acids is 1. The van der Waals surface area contributed by atoms with Crippen molar-refractivity contribution in [2.75, 3.05) is 18.0 Å². The predicted molar refractivity (Wildman–Crippen MR) is 102 cm³/mol. The SMILES string of the molecule is O=C(OCc1cc2ccccc2nc1Cl)c1cccnc1N1CCCC1. The summed E-state index contributed by atoms with van der Waals surface area (Å²) in [5.41, 5.74) is 1.99. The van der Waals surface area contributed by atoms with Gasteiger partial charge in [-0.25, -0.2) is 14.8 Å². The van der Waals surface area contributed by atoms with E-state index < -0.39 is 5.97 Å². The second-order valence-corrected chi connectivity index (χ2v) is 6.63. The standard InChI is InChI=1S/C20H18ClN3O2/c21-18-15(12-14-6-1-2-8-17(14)23-18)13-26-20(25)16-7-5-9-22-19(16)24-10-3-4-11-24/h1-2,5-9,12H,3-4,10-11,13H2. The Labute approximate surface area is 156 Å². The van der Waals surface area contributed by atoms with Crippen LogP contribution in [0.25, 0.3) is 10.9 Å². The second-order valence-electron chi connectivity index (χ2n) is 6.28. The smallest absolute Gasteiger partial charge is 0.342 e. The van der Waals surface area contributed by atoms with E-state index in [0.717, 1.165) is 36.8 Å². The Bertz CT molecular complexity index is 955. The van der Waals surface area contributed by atoms with E-state index in [9.17, 15) is 4.79 Å². The maximum atomic E-state index is 12.6. The highest BCUT2D eigenvalue weighted by Crippen LogP contribution is 2.24. The third-order valence-electron chi connectivity index (χ3n) is 4.52. The molecule has 2 aromatic heterocycles. The molecule has 132 valence electrons. The Morgan fingerprint density at radius 1 is 1.15 bits per heavy atom. The van der Waals surface area contributed by atoms with Gasteiger partial charge in [-0.05, 0) is 37.1 Å². The highest BCUT2D eigenvalue weighted by Gasteiger charge is 2.21. The lowest BCUT2D eigenvalue weighted by Gasteiger charge is -2.19. The summed E-state index contributed by atoms with van der Waals surface area (Å²) >= 11 is 6.24. The number of hydrogen-bond donors (Lipinski definition) is 0. The zero-order valence-corrected chi connectivity index (χ0v) is 14.9. The van der Waals surface area contributed by atoms with Gasteiger partial charge in [-0.15, -0.1) is 0 Å². The van der Waals surface area contributed by atoms with Gasteiger partial charge in [-0.3, -0.25) is 0 Å². The molecule has 1 saturated heterocycles. The number of rotatable bonds is 4. The van der Waals surface area contributed by atoms with Crippen LogP contribution in [-0.2, 0) is 11.3 Å². The molecule has 3 aromatic rings. The lowest BCUT2D eigenvalue weighted by Crippen LogP contribution is -2.22. The summed E-state index contributed by atoms with van der Waals surface area (Å²) in [4.78, 5) is 23.5. The first-order valence-electron chi connectivity index (χ1n) is 8.63. The maximum Gasteiger partial charge on any atom is 0.342 e. The number of fused-ring (bicyclic) bond motifs is 1. The molecule has 0 N–H and O–H groups in total. The number of ether oxygens (including phenoxy) is 1. The summed E-state index contributed by atoms with van der Waals surface area (Å²) in [6, 6.07) is 13.1. The molecule has 4 rings (SSSR count). The number of esters is 1. The summed E-state index contributed by atoms with van der Waals surface area (Å²) in [5, 5.41) is 1.31. The summed E-state index contributed by atoms with van der Waals surface area (Å²) < 4.78 is 5.51. The molecular formula is C20H18ClN3O2. The molecule has 0 radical (unpaired) electrons. The van der Waals surface area contributed by atoms with Crippen LogP contribution >= 0.6 is 11.6 Å². The van der Waals surface area contributed by atoms with Gasteiger partial charge in [-0.1, -0.05) is 29.8 Å². The minimum absolute atomic E-state index is 0.0732. The molecule has 0 amide bonds. The second kappa shape index (κ2) is 7.30. The molecule has 0 aliphatic carbocycles. The van der Waals surface area contributed by atoms with E-state index in [1.807, 2.05) is 30.3 Å². The van der Waals surface area contributed by atoms with Crippen molar-refractivity contribution >= 4 is 34.3 Å². The van der Waals surface area contributed by atoms with Crippen LogP contribution in [0, 0.1) is 0 Å². The highest BCUT2D eigenvalue weighted by atomic mass is 35.5. The number of benzene rings is 1. The van der Waals surface area contributed by atoms with Gasteiger partial charge in [0.25, 0.3) is 0 Å². The third-order valence-corrected chi connectivity index (χ3v) is 4.85. The molecule has 3 heterocycles. The van der Waals surface area contributed by atoms with Crippen LogP contribution in [0.1, 0.15) is 28.8 Å². The first-order chi connectivity index (χ1) is 12.7. The number of nitrogens with zero attached hydrogens (tertiary/aromatic N) is 3. The molecule has 1 aliphatic rings. The van der Waals surface area contributed by atoms with E-state index in [2.05, 4.69) is 14.9 Å². The molecule has 1 aromatic carbocycles. The number of halogens is 1. The molecule has 26 heavy (non-hydrogen) atoms. The average molecular weight is 368 g/mol. The van der Waals surface area contributed by atoms with Crippen molar-refractivity contribution < 1.29 is 9.53 Å². The lowest BCUT2D eigenvalue weighted by atomic mass is 10.2. The number of hydrogen-bond acceptors (Lipinski definition) is 5. The van der Waals surface area contributed by atoms with E-state index in [-0.39, 0.29) is 6.61 Å². The van der Waals surface area contributed by atoms with Gasteiger partial charge in [0.15, 0.2) is 0 Å². The minimum atomic E-state index is -0.399. The topological polar surface area (TPSA) is 55.3 Å². The fourth-order valence-electron chi connectivity index (χ4n) is 3.20. The van der Waals surface area contributed by atoms with Crippen LogP contribution in [0.4, 0.5) is 5.82 Å². The number of pyridine rings is 2. The van der Waals surface area contributed by atoms with Crippen molar-refractivity contribution in [3.8, 4) is 0 Å². The lowest BCUT2D eigenvalue weighted by molar-refractivity contribution is 0.0473. The van der Waals surface area contributed by atoms with Crippen LogP contribution in [-0.4, -0.2) is 29.0 Å². The normalized spacial score (nSPS) is 14.0. The van der Waals surface area contributed by atoms with E-state index in [0.29, 0.717) is 22.1 Å². The van der Waals surface area contributed by atoms with Crippen LogP contribution in [0.2, 0.25) is 5.15 Å². The van der Waals surface area contributed by atoms with Crippen LogP contribution in [0.15, 0.2) is 48.7 Å². The molecule has 0 spiro atoms. The van der Waals surface area contributed by atoms with Crippen molar-refractivity contribution in [2.45, 2.75) is 19.4 Å². The Morgan fingerprint density at radius 2 is 1.96 bits per heavy atom. The van der Waals surface area contributed by atoms with Crippen molar-refractivity contribution in [2.24, 2.45) is 0 Å². The average Bonchev–Trinajstić information content (AvgIpc) is 3.20. The highest BCUT2D eigenvalue weighted by molar-refractivity contribution is 6.30. The Hall–Kier alpha value is -2.66. The predicted octanol–water partition coefficient (Wildman–Crippen LogP) is 4.24. The Morgan fingerprint density at radius 3 is 2.81 bits per heavy atom. The minimum Gasteiger partial charge on any atom is -0.457 e. The fourth-order valence-corrected chi connectivity index (χ4v) is 3.40. The monoisotopic (exact) mass is 367 g/mol. The van der Waals surface area contributed by atoms with Crippen molar-refractivity contribution in [3.63, 3.8) is 0 Å². The molecule has 5 nitrogen and oxygen atoms in total. The maximum absolute atomic E-state index is 12.6. The molecular weight excluding hydrogens is 350 g/mol. The Kier molecular flexibility index (Phi) is 4.71. The molecule has 0 saturated carbocycles. The van der Waals surface area contributed by atoms with E-state index in [1.54, 1.807) is 18.3 Å². The van der Waals surface area contributed by atoms with Gasteiger partial charge in [0, 0.05) is 30.2 Å². The van der Waals surface area contributed by atoms with Crippen LogP contribution in [0.5, 0.6) is 0 Å². The van der Waals surface area contributed by atoms with Gasteiger partial charge in [0.05, 0.1) is 5.52 Å². The van der Waals surface area contributed by atoms with E-state index in [1.165, 1.54) is 0 Å². The molecule has 1 fully saturated rings. The zero-order chi connectivity index (χ0) is 17.9. The number of anilines is 1. The van der Waals surface area contributed by atoms with Crippen LogP contribution in [0.3, 0.4) is 0 Å². The van der Waals surface area contributed by atoms with Crippen molar-refractivity contribution in [1.82, 2.24) is 9.97 Å². The van der Waals surface area contributed by atoms with Gasteiger partial charge in [0.1, 0.15) is 23.1 Å². The summed E-state index contributed by atoms with van der Waals surface area (Å²) in [5.74, 6) is 0.293. The quantitative estimate of drug-likeness (QED) is 0.510. The van der Waals surface area contributed by atoms with Gasteiger partial charge in [0.2, 0.25) is 0 Å². The molecule has 0 unspecified atom stereocenters. The van der Waals surface area contributed by atoms with Gasteiger partial charge >= 0.3 is 5.97 Å². The number of carbonyl (C=O) groups is 1. The van der Waals surface area contributed by atoms with Gasteiger partial charge in [-0.2, -0.15) is 0 Å². The molecule has 0 atom stereocenters. The number of aromatic nitrogens is 2. The van der Waals surface area contributed by atoms with Crippen LogP contribution < -0.4 is 4.90 Å². The molecule has 6 heteroatoms. The summed E-state index contributed by atoms with van der Waals surface area (Å²) in [6.07, 6.45) is 3.93. The molecule has 1 aliphatic heterocycles. The Balaban J connectivity index is 1.54. The van der Waals surface area contributed by atoms with E-state index in [4.69, 9.17) is 16.3 Å². The third kappa shape index (κ3) is 3.35. The summed E-state index contributed by atoms with van der Waals surface area (Å²) in [7, 11) is 0. The van der Waals surface area contributed by atoms with E-state index >= 15 is 0 Å². The fraction of sp³-hybridized carbons (Fsp3) is 0.250. The first kappa shape index (κ1) is 16.8. The number of para-hydroxylation sites is 1. The molecule has 0 bridgehead atoms. The van der Waals surface area contributed by atoms with Crippen molar-refractivity contribution in [1.29, 1.82) is 0 Å². The first-order valence-corrected chi connectivity index (χ1v) is 9.01. The summed E-state index contributed by atoms with van der Waals surface area (Å²) in [6.45, 7) is 1.90. The largest absolute Gasteiger partial charge is 0.457 e. The zero-order valence-electron chi connectivity index (χ0n) is 14.2. The van der Waals surface area contributed by atoms with Crippen molar-refractivity contribution in [3.05, 3.63) is 64.9 Å². The van der Waals surface area contributed by atoms with Gasteiger partial charge < -0.3 is 9.64 Å².